The Balaban J connectivity index is 2.43. The predicted molar refractivity (Wildman–Crippen MR) is 80.8 cm³/mol. The second-order valence-corrected chi connectivity index (χ2v) is 6.24. The molecule has 3 N–H and O–H groups in total. The summed E-state index contributed by atoms with van der Waals surface area (Å²) in [7, 11) is -3.44. The number of hydrogen-bond acceptors (Lipinski definition) is 4. The quantitative estimate of drug-likeness (QED) is 0.561. The van der Waals surface area contributed by atoms with Gasteiger partial charge in [0.2, 0.25) is 10.0 Å². The zero-order chi connectivity index (χ0) is 15.0. The van der Waals surface area contributed by atoms with Crippen LogP contribution in [0.5, 0.6) is 5.75 Å². The van der Waals surface area contributed by atoms with Gasteiger partial charge in [0.1, 0.15) is 12.4 Å². The minimum absolute atomic E-state index is 0.0582. The lowest BCUT2D eigenvalue weighted by molar-refractivity contribution is 0.340. The van der Waals surface area contributed by atoms with Gasteiger partial charge in [0, 0.05) is 5.69 Å². The maximum Gasteiger partial charge on any atom is 0.216 e. The molecule has 1 aromatic carbocycles. The van der Waals surface area contributed by atoms with Crippen molar-refractivity contribution in [3.8, 4) is 18.1 Å². The van der Waals surface area contributed by atoms with E-state index in [1.807, 2.05) is 6.92 Å². The van der Waals surface area contributed by atoms with Crippen LogP contribution in [0.25, 0.3) is 0 Å². The van der Waals surface area contributed by atoms with Gasteiger partial charge in [0.05, 0.1) is 11.8 Å². The van der Waals surface area contributed by atoms with Gasteiger partial charge in [-0.25, -0.2) is 13.1 Å². The van der Waals surface area contributed by atoms with Crippen LogP contribution in [0.3, 0.4) is 0 Å². The number of ether oxygens (including phenoxy) is 1. The number of nitrogen functional groups attached to an aromatic ring is 1. The van der Waals surface area contributed by atoms with Gasteiger partial charge in [-0.3, -0.25) is 0 Å². The van der Waals surface area contributed by atoms with Crippen molar-refractivity contribution in [2.24, 2.45) is 0 Å². The molecule has 0 bridgehead atoms. The van der Waals surface area contributed by atoms with Crippen LogP contribution in [0.1, 0.15) is 19.8 Å². The number of terminal acetylenes is 1. The van der Waals surface area contributed by atoms with Crippen LogP contribution >= 0.6 is 0 Å². The minimum atomic E-state index is -3.44. The molecule has 0 radical (unpaired) electrons. The Morgan fingerprint density at radius 1 is 1.40 bits per heavy atom. The lowest BCUT2D eigenvalue weighted by Crippen LogP contribution is -2.36. The molecule has 0 amide bonds. The fourth-order valence-corrected chi connectivity index (χ4v) is 2.61. The molecule has 1 rings (SSSR count). The van der Waals surface area contributed by atoms with E-state index >= 15 is 0 Å². The van der Waals surface area contributed by atoms with Gasteiger partial charge in [0.15, 0.2) is 0 Å². The summed E-state index contributed by atoms with van der Waals surface area (Å²) in [6.07, 6.45) is 6.72. The average Bonchev–Trinajstić information content (AvgIpc) is 2.40. The number of anilines is 1. The van der Waals surface area contributed by atoms with E-state index in [-0.39, 0.29) is 12.4 Å². The summed E-state index contributed by atoms with van der Waals surface area (Å²) in [5, 5.41) is 0. The molecule has 0 heterocycles. The number of hydrogen-bond donors (Lipinski definition) is 2. The van der Waals surface area contributed by atoms with Gasteiger partial charge < -0.3 is 10.5 Å². The molecule has 6 heteroatoms. The molecule has 0 aliphatic carbocycles. The lowest BCUT2D eigenvalue weighted by atomic mass is 10.2. The predicted octanol–water partition coefficient (Wildman–Crippen LogP) is 1.37. The van der Waals surface area contributed by atoms with Crippen molar-refractivity contribution < 1.29 is 13.2 Å². The number of rotatable bonds is 8. The van der Waals surface area contributed by atoms with E-state index in [4.69, 9.17) is 16.9 Å². The van der Waals surface area contributed by atoms with Crippen molar-refractivity contribution in [3.63, 3.8) is 0 Å². The van der Waals surface area contributed by atoms with E-state index in [0.29, 0.717) is 17.9 Å². The van der Waals surface area contributed by atoms with Crippen LogP contribution in [0.15, 0.2) is 24.3 Å². The highest BCUT2D eigenvalue weighted by Crippen LogP contribution is 2.12. The first-order chi connectivity index (χ1) is 9.46. The molecule has 20 heavy (non-hydrogen) atoms. The van der Waals surface area contributed by atoms with Gasteiger partial charge in [0.25, 0.3) is 0 Å². The second kappa shape index (κ2) is 7.78. The van der Waals surface area contributed by atoms with Crippen molar-refractivity contribution in [2.45, 2.75) is 25.8 Å². The Bertz CT molecular complexity index is 547. The average molecular weight is 296 g/mol. The Hall–Kier alpha value is -1.71. The van der Waals surface area contributed by atoms with Gasteiger partial charge in [-0.1, -0.05) is 19.3 Å². The van der Waals surface area contributed by atoms with Crippen LogP contribution in [-0.4, -0.2) is 26.8 Å². The summed E-state index contributed by atoms with van der Waals surface area (Å²) in [5.41, 5.74) is 6.17. The van der Waals surface area contributed by atoms with Crippen molar-refractivity contribution in [3.05, 3.63) is 24.3 Å². The van der Waals surface area contributed by atoms with Crippen LogP contribution in [0.4, 0.5) is 5.69 Å². The molecule has 0 spiro atoms. The van der Waals surface area contributed by atoms with Crippen molar-refractivity contribution in [2.75, 3.05) is 18.1 Å². The number of nitrogens with two attached hydrogens (primary N) is 1. The summed E-state index contributed by atoms with van der Waals surface area (Å²) in [6, 6.07) is 6.31. The third-order valence-corrected chi connectivity index (χ3v) is 3.95. The molecule has 0 aliphatic rings. The molecule has 1 atom stereocenters. The molecular weight excluding hydrogens is 276 g/mol. The van der Waals surface area contributed by atoms with Crippen LogP contribution in [0.2, 0.25) is 0 Å². The maximum absolute atomic E-state index is 11.8. The largest absolute Gasteiger partial charge is 0.492 e. The van der Waals surface area contributed by atoms with Crippen LogP contribution in [0, 0.1) is 12.3 Å². The highest BCUT2D eigenvalue weighted by molar-refractivity contribution is 7.89. The van der Waals surface area contributed by atoms with E-state index in [9.17, 15) is 8.42 Å². The molecule has 1 unspecified atom stereocenters. The summed E-state index contributed by atoms with van der Waals surface area (Å²) >= 11 is 0. The van der Waals surface area contributed by atoms with E-state index < -0.39 is 16.1 Å². The molecule has 0 saturated carbocycles. The van der Waals surface area contributed by atoms with Crippen molar-refractivity contribution in [1.29, 1.82) is 0 Å². The van der Waals surface area contributed by atoms with Crippen LogP contribution in [-0.2, 0) is 10.0 Å². The first-order valence-electron chi connectivity index (χ1n) is 6.41. The molecular formula is C14H20N2O3S. The SMILES string of the molecule is C#CC(CCC)NS(=O)(=O)CCOc1ccc(N)cc1. The first-order valence-corrected chi connectivity index (χ1v) is 8.06. The fraction of sp³-hybridized carbons (Fsp3) is 0.429. The summed E-state index contributed by atoms with van der Waals surface area (Å²) < 4.78 is 31.4. The third-order valence-electron chi connectivity index (χ3n) is 2.60. The lowest BCUT2D eigenvalue weighted by Gasteiger charge is -2.13. The van der Waals surface area contributed by atoms with E-state index in [2.05, 4.69) is 10.6 Å². The van der Waals surface area contributed by atoms with E-state index in [1.165, 1.54) is 0 Å². The fourth-order valence-electron chi connectivity index (χ4n) is 1.57. The van der Waals surface area contributed by atoms with Gasteiger partial charge in [-0.05, 0) is 30.7 Å². The van der Waals surface area contributed by atoms with Gasteiger partial charge >= 0.3 is 0 Å². The second-order valence-electron chi connectivity index (χ2n) is 4.36. The van der Waals surface area contributed by atoms with E-state index in [0.717, 1.165) is 6.42 Å². The maximum atomic E-state index is 11.8. The number of nitrogens with one attached hydrogen (secondary N) is 1. The zero-order valence-electron chi connectivity index (χ0n) is 11.5. The molecule has 0 fully saturated rings. The highest BCUT2D eigenvalue weighted by Gasteiger charge is 2.15. The van der Waals surface area contributed by atoms with Gasteiger partial charge in [-0.15, -0.1) is 6.42 Å². The molecule has 110 valence electrons. The van der Waals surface area contributed by atoms with E-state index in [1.54, 1.807) is 24.3 Å². The van der Waals surface area contributed by atoms with Crippen LogP contribution < -0.4 is 15.2 Å². The molecule has 0 aromatic heterocycles. The monoisotopic (exact) mass is 296 g/mol. The normalized spacial score (nSPS) is 12.6. The minimum Gasteiger partial charge on any atom is -0.492 e. The Morgan fingerprint density at radius 3 is 2.60 bits per heavy atom. The molecule has 0 aliphatic heterocycles. The number of sulfonamides is 1. The summed E-state index contributed by atoms with van der Waals surface area (Å²) in [5.74, 6) is 2.87. The summed E-state index contributed by atoms with van der Waals surface area (Å²) in [4.78, 5) is 0. The molecule has 1 aromatic rings. The standard InChI is InChI=1S/C14H20N2O3S/c1-3-5-13(4-2)16-20(17,18)11-10-19-14-8-6-12(15)7-9-14/h2,6-9,13,16H,3,5,10-11,15H2,1H3. The number of benzene rings is 1. The Labute approximate surface area is 120 Å². The zero-order valence-corrected chi connectivity index (χ0v) is 12.3. The molecule has 5 nitrogen and oxygen atoms in total. The molecule has 0 saturated heterocycles. The smallest absolute Gasteiger partial charge is 0.216 e. The topological polar surface area (TPSA) is 81.4 Å². The third kappa shape index (κ3) is 5.95. The Kier molecular flexibility index (Phi) is 6.36. The van der Waals surface area contributed by atoms with Gasteiger partial charge in [-0.2, -0.15) is 0 Å². The van der Waals surface area contributed by atoms with Crippen molar-refractivity contribution in [1.82, 2.24) is 4.72 Å². The first kappa shape index (κ1) is 16.3. The Morgan fingerprint density at radius 2 is 2.05 bits per heavy atom. The highest BCUT2D eigenvalue weighted by atomic mass is 32.2. The van der Waals surface area contributed by atoms with Crippen molar-refractivity contribution >= 4 is 15.7 Å². The summed E-state index contributed by atoms with van der Waals surface area (Å²) in [6.45, 7) is 2.01.